The van der Waals surface area contributed by atoms with Crippen LogP contribution in [0.2, 0.25) is 0 Å². The van der Waals surface area contributed by atoms with Crippen LogP contribution in [0.15, 0.2) is 24.3 Å². The highest BCUT2D eigenvalue weighted by Crippen LogP contribution is 2.14. The number of benzene rings is 1. The molecule has 2 N–H and O–H groups in total. The second-order valence-electron chi connectivity index (χ2n) is 4.82. The molecule has 0 heterocycles. The molecule has 0 saturated heterocycles. The lowest BCUT2D eigenvalue weighted by Gasteiger charge is -2.10. The smallest absolute Gasteiger partial charge is 0.251 e. The molecule has 0 aliphatic carbocycles. The van der Waals surface area contributed by atoms with Crippen LogP contribution in [0.3, 0.4) is 0 Å². The van der Waals surface area contributed by atoms with Gasteiger partial charge in [0, 0.05) is 12.1 Å². The molecular formula is C15H23NO4. The third-order valence-electron chi connectivity index (χ3n) is 2.45. The van der Waals surface area contributed by atoms with Gasteiger partial charge in [-0.05, 0) is 24.1 Å². The van der Waals surface area contributed by atoms with Gasteiger partial charge >= 0.3 is 0 Å². The molecule has 112 valence electrons. The molecule has 0 bridgehead atoms. The van der Waals surface area contributed by atoms with Crippen molar-refractivity contribution in [3.63, 3.8) is 0 Å². The molecule has 1 amide bonds. The van der Waals surface area contributed by atoms with Gasteiger partial charge in [0.15, 0.2) is 0 Å². The molecule has 0 atom stereocenters. The zero-order chi connectivity index (χ0) is 14.8. The second kappa shape index (κ2) is 9.34. The molecule has 1 rings (SSSR count). The number of hydrogen-bond acceptors (Lipinski definition) is 4. The van der Waals surface area contributed by atoms with Crippen LogP contribution in [0.1, 0.15) is 24.2 Å². The summed E-state index contributed by atoms with van der Waals surface area (Å²) in [5, 5.41) is 11.3. The molecule has 20 heavy (non-hydrogen) atoms. The van der Waals surface area contributed by atoms with Crippen molar-refractivity contribution in [2.45, 2.75) is 13.8 Å². The maximum absolute atomic E-state index is 11.9. The highest BCUT2D eigenvalue weighted by Gasteiger charge is 2.06. The van der Waals surface area contributed by atoms with Gasteiger partial charge < -0.3 is 19.9 Å². The van der Waals surface area contributed by atoms with E-state index in [2.05, 4.69) is 19.2 Å². The average molecular weight is 281 g/mol. The predicted molar refractivity (Wildman–Crippen MR) is 77.0 cm³/mol. The Morgan fingerprint density at radius 3 is 2.85 bits per heavy atom. The summed E-state index contributed by atoms with van der Waals surface area (Å²) in [7, 11) is 0. The van der Waals surface area contributed by atoms with Crippen molar-refractivity contribution in [1.29, 1.82) is 0 Å². The summed E-state index contributed by atoms with van der Waals surface area (Å²) in [5.41, 5.74) is 0.563. The van der Waals surface area contributed by atoms with Crippen LogP contribution < -0.4 is 10.1 Å². The van der Waals surface area contributed by atoms with Crippen LogP contribution in [-0.4, -0.2) is 44.0 Å². The quantitative estimate of drug-likeness (QED) is 0.672. The summed E-state index contributed by atoms with van der Waals surface area (Å²) in [6.45, 7) is 5.84. The topological polar surface area (TPSA) is 67.8 Å². The molecule has 5 nitrogen and oxygen atoms in total. The fourth-order valence-corrected chi connectivity index (χ4v) is 1.50. The summed E-state index contributed by atoms with van der Waals surface area (Å²) < 4.78 is 10.7. The summed E-state index contributed by atoms with van der Waals surface area (Å²) in [6, 6.07) is 7.11. The Balaban J connectivity index is 2.41. The van der Waals surface area contributed by atoms with Crippen LogP contribution in [-0.2, 0) is 4.74 Å². The molecule has 0 saturated carbocycles. The van der Waals surface area contributed by atoms with Crippen molar-refractivity contribution in [2.24, 2.45) is 5.92 Å². The monoisotopic (exact) mass is 281 g/mol. The van der Waals surface area contributed by atoms with Crippen LogP contribution in [0, 0.1) is 5.92 Å². The number of aliphatic hydroxyl groups excluding tert-OH is 1. The molecule has 0 aliphatic heterocycles. The summed E-state index contributed by atoms with van der Waals surface area (Å²) in [5.74, 6) is 0.978. The Hall–Kier alpha value is -1.59. The number of nitrogens with one attached hydrogen (secondary N) is 1. The molecule has 5 heteroatoms. The minimum atomic E-state index is -0.160. The summed E-state index contributed by atoms with van der Waals surface area (Å²) >= 11 is 0. The van der Waals surface area contributed by atoms with Gasteiger partial charge in [-0.3, -0.25) is 4.79 Å². The lowest BCUT2D eigenvalue weighted by atomic mass is 10.2. The first kappa shape index (κ1) is 16.5. The van der Waals surface area contributed by atoms with Crippen molar-refractivity contribution in [1.82, 2.24) is 5.32 Å². The fourth-order valence-electron chi connectivity index (χ4n) is 1.50. The number of carbonyl (C=O) groups excluding carboxylic acids is 1. The van der Waals surface area contributed by atoms with Gasteiger partial charge in [0.25, 0.3) is 5.91 Å². The third-order valence-corrected chi connectivity index (χ3v) is 2.45. The molecule has 0 aromatic heterocycles. The maximum atomic E-state index is 11.9. The van der Waals surface area contributed by atoms with Crippen LogP contribution in [0.5, 0.6) is 5.75 Å². The van der Waals surface area contributed by atoms with E-state index < -0.39 is 0 Å². The molecule has 1 aromatic carbocycles. The highest BCUT2D eigenvalue weighted by atomic mass is 16.5. The van der Waals surface area contributed by atoms with Gasteiger partial charge in [-0.1, -0.05) is 19.9 Å². The van der Waals surface area contributed by atoms with E-state index in [0.717, 1.165) is 0 Å². The minimum absolute atomic E-state index is 0.0107. The Kier molecular flexibility index (Phi) is 7.69. The minimum Gasteiger partial charge on any atom is -0.493 e. The predicted octanol–water partition coefficient (Wildman–Crippen LogP) is 1.46. The lowest BCUT2D eigenvalue weighted by molar-refractivity contribution is 0.0838. The second-order valence-corrected chi connectivity index (χ2v) is 4.82. The Labute approximate surface area is 119 Å². The molecular weight excluding hydrogens is 258 g/mol. The largest absolute Gasteiger partial charge is 0.493 e. The molecule has 0 aliphatic rings. The number of amides is 1. The van der Waals surface area contributed by atoms with E-state index in [0.29, 0.717) is 37.0 Å². The first-order valence-electron chi connectivity index (χ1n) is 6.83. The summed E-state index contributed by atoms with van der Waals surface area (Å²) in [4.78, 5) is 11.9. The maximum Gasteiger partial charge on any atom is 0.251 e. The van der Waals surface area contributed by atoms with Crippen LogP contribution >= 0.6 is 0 Å². The van der Waals surface area contributed by atoms with Gasteiger partial charge in [-0.2, -0.15) is 0 Å². The van der Waals surface area contributed by atoms with Gasteiger partial charge in [0.1, 0.15) is 5.75 Å². The van der Waals surface area contributed by atoms with E-state index in [-0.39, 0.29) is 19.1 Å². The van der Waals surface area contributed by atoms with E-state index in [4.69, 9.17) is 14.6 Å². The SMILES string of the molecule is CC(C)COc1cccc(C(=O)NCCOCCO)c1. The van der Waals surface area contributed by atoms with Crippen molar-refractivity contribution < 1.29 is 19.4 Å². The standard InChI is InChI=1S/C15H23NO4/c1-12(2)11-20-14-5-3-4-13(10-14)15(18)16-6-8-19-9-7-17/h3-5,10,12,17H,6-9,11H2,1-2H3,(H,16,18). The molecule has 0 fully saturated rings. The van der Waals surface area contributed by atoms with Crippen molar-refractivity contribution >= 4 is 5.91 Å². The molecule has 1 aromatic rings. The normalized spacial score (nSPS) is 10.6. The zero-order valence-corrected chi connectivity index (χ0v) is 12.1. The molecule has 0 unspecified atom stereocenters. The van der Waals surface area contributed by atoms with Crippen molar-refractivity contribution in [3.8, 4) is 5.75 Å². The summed E-state index contributed by atoms with van der Waals surface area (Å²) in [6.07, 6.45) is 0. The van der Waals surface area contributed by atoms with Crippen LogP contribution in [0.4, 0.5) is 0 Å². The number of carbonyl (C=O) groups is 1. The zero-order valence-electron chi connectivity index (χ0n) is 12.1. The number of aliphatic hydroxyl groups is 1. The van der Waals surface area contributed by atoms with Gasteiger partial charge in [0.05, 0.1) is 26.4 Å². The van der Waals surface area contributed by atoms with E-state index in [9.17, 15) is 4.79 Å². The lowest BCUT2D eigenvalue weighted by Crippen LogP contribution is -2.27. The first-order valence-corrected chi connectivity index (χ1v) is 6.83. The Bertz CT molecular complexity index is 407. The van der Waals surface area contributed by atoms with E-state index in [1.165, 1.54) is 0 Å². The van der Waals surface area contributed by atoms with E-state index >= 15 is 0 Å². The van der Waals surface area contributed by atoms with Crippen molar-refractivity contribution in [3.05, 3.63) is 29.8 Å². The fraction of sp³-hybridized carbons (Fsp3) is 0.533. The highest BCUT2D eigenvalue weighted by molar-refractivity contribution is 5.94. The third kappa shape index (κ3) is 6.54. The molecule has 0 spiro atoms. The average Bonchev–Trinajstić information content (AvgIpc) is 2.45. The van der Waals surface area contributed by atoms with Gasteiger partial charge in [-0.25, -0.2) is 0 Å². The van der Waals surface area contributed by atoms with E-state index in [1.54, 1.807) is 18.2 Å². The Morgan fingerprint density at radius 1 is 1.35 bits per heavy atom. The van der Waals surface area contributed by atoms with Gasteiger partial charge in [-0.15, -0.1) is 0 Å². The molecule has 0 radical (unpaired) electrons. The number of hydrogen-bond donors (Lipinski definition) is 2. The van der Waals surface area contributed by atoms with Crippen LogP contribution in [0.25, 0.3) is 0 Å². The van der Waals surface area contributed by atoms with E-state index in [1.807, 2.05) is 6.07 Å². The van der Waals surface area contributed by atoms with Gasteiger partial charge in [0.2, 0.25) is 0 Å². The van der Waals surface area contributed by atoms with Crippen molar-refractivity contribution in [2.75, 3.05) is 33.0 Å². The number of ether oxygens (including phenoxy) is 2. The first-order chi connectivity index (χ1) is 9.63. The number of rotatable bonds is 9. The Morgan fingerprint density at radius 2 is 2.15 bits per heavy atom.